The molecule has 53 heavy (non-hydrogen) atoms. The van der Waals surface area contributed by atoms with E-state index in [-0.39, 0.29) is 44.1 Å². The molecule has 3 heterocycles. The van der Waals surface area contributed by atoms with Gasteiger partial charge in [0.15, 0.2) is 5.43 Å². The van der Waals surface area contributed by atoms with E-state index in [0.29, 0.717) is 58.1 Å². The van der Waals surface area contributed by atoms with E-state index in [1.54, 1.807) is 6.07 Å². The fourth-order valence-electron chi connectivity index (χ4n) is 4.91. The normalized spacial score (nSPS) is 12.2. The summed E-state index contributed by atoms with van der Waals surface area (Å²) >= 11 is 11.6. The molecule has 278 valence electrons. The number of carboxylic acid groups (broad SMARTS) is 2. The van der Waals surface area contributed by atoms with Crippen LogP contribution in [0.4, 0.5) is 5.69 Å². The number of hydrogen-bond acceptors (Lipinski definition) is 12. The number of aromatic nitrogens is 3. The molecule has 0 radical (unpaired) electrons. The number of nitrogens with zero attached hydrogens (tertiary/aromatic N) is 5. The van der Waals surface area contributed by atoms with Crippen molar-refractivity contribution in [2.75, 3.05) is 19.3 Å². The van der Waals surface area contributed by atoms with Crippen LogP contribution in [0, 0.1) is 10.1 Å². The van der Waals surface area contributed by atoms with Gasteiger partial charge in [-0.1, -0.05) is 35.3 Å². The van der Waals surface area contributed by atoms with Gasteiger partial charge in [-0.25, -0.2) is 33.1 Å². The lowest BCUT2D eigenvalue weighted by molar-refractivity contribution is -0.383. The molecule has 0 bridgehead atoms. The minimum Gasteiger partial charge on any atom is -0.477 e. The Morgan fingerprint density at radius 1 is 1.00 bits per heavy atom. The molecule has 23 heteroatoms. The molecular formula is C30H26Cl2N7O12PS. The van der Waals surface area contributed by atoms with Crippen molar-refractivity contribution in [1.82, 2.24) is 15.0 Å². The van der Waals surface area contributed by atoms with Crippen LogP contribution in [0.15, 0.2) is 74.5 Å². The van der Waals surface area contributed by atoms with Crippen molar-refractivity contribution in [3.8, 4) is 0 Å². The number of fused-ring (bicyclic) bond motifs is 4. The zero-order chi connectivity index (χ0) is 39.2. The van der Waals surface area contributed by atoms with Gasteiger partial charge in [-0.2, -0.15) is 0 Å². The highest BCUT2D eigenvalue weighted by Gasteiger charge is 2.23. The number of H-pyrrole nitrogens is 1. The number of aromatic amines is 1. The number of hydrogen-bond donors (Lipinski definition) is 6. The monoisotopic (exact) mass is 809 g/mol. The number of carbonyl (C=O) groups is 2. The van der Waals surface area contributed by atoms with Gasteiger partial charge < -0.3 is 25.0 Å². The molecule has 0 aliphatic carbocycles. The van der Waals surface area contributed by atoms with Crippen LogP contribution >= 0.6 is 30.8 Å². The second-order valence-electron chi connectivity index (χ2n) is 10.9. The van der Waals surface area contributed by atoms with Crippen molar-refractivity contribution >= 4 is 80.1 Å². The van der Waals surface area contributed by atoms with E-state index in [9.17, 15) is 37.5 Å². The van der Waals surface area contributed by atoms with E-state index in [0.717, 1.165) is 6.07 Å². The number of pyridine rings is 1. The van der Waals surface area contributed by atoms with Crippen LogP contribution in [0.2, 0.25) is 10.0 Å². The molecule has 2 aromatic heterocycles. The number of carboxylic acids is 2. The Balaban J connectivity index is 0.000000180. The Labute approximate surface area is 306 Å². The summed E-state index contributed by atoms with van der Waals surface area (Å²) < 4.78 is 33.9. The number of nitro groups is 1. The summed E-state index contributed by atoms with van der Waals surface area (Å²) in [7, 11) is -8.05. The van der Waals surface area contributed by atoms with E-state index >= 15 is 0 Å². The van der Waals surface area contributed by atoms with Crippen LogP contribution in [-0.2, 0) is 21.0 Å². The van der Waals surface area contributed by atoms with Gasteiger partial charge in [-0.3, -0.25) is 29.5 Å². The van der Waals surface area contributed by atoms with Gasteiger partial charge >= 0.3 is 19.5 Å². The van der Waals surface area contributed by atoms with Gasteiger partial charge in [0.25, 0.3) is 5.69 Å². The zero-order valence-electron chi connectivity index (χ0n) is 26.7. The Bertz CT molecular complexity index is 2620. The fourth-order valence-corrected chi connectivity index (χ4v) is 6.83. The van der Waals surface area contributed by atoms with E-state index in [1.807, 2.05) is 0 Å². The summed E-state index contributed by atoms with van der Waals surface area (Å²) in [5, 5.41) is 35.7. The molecule has 1 aliphatic heterocycles. The van der Waals surface area contributed by atoms with Gasteiger partial charge in [0.1, 0.15) is 5.69 Å². The Hall–Kier alpha value is -5.21. The predicted molar refractivity (Wildman–Crippen MR) is 190 cm³/mol. The van der Waals surface area contributed by atoms with Crippen molar-refractivity contribution in [2.45, 2.75) is 17.7 Å². The van der Waals surface area contributed by atoms with Crippen molar-refractivity contribution in [1.29, 1.82) is 0 Å². The minimum atomic E-state index is -4.09. The number of halogens is 2. The maximum Gasteiger partial charge on any atom is 0.373 e. The summed E-state index contributed by atoms with van der Waals surface area (Å²) in [6, 6.07) is 9.44. The van der Waals surface area contributed by atoms with Crippen molar-refractivity contribution < 1.29 is 47.5 Å². The van der Waals surface area contributed by atoms with Gasteiger partial charge in [0.05, 0.1) is 61.1 Å². The average Bonchev–Trinajstić information content (AvgIpc) is 3.07. The van der Waals surface area contributed by atoms with E-state index < -0.39 is 39.9 Å². The Morgan fingerprint density at radius 2 is 1.66 bits per heavy atom. The van der Waals surface area contributed by atoms with Crippen LogP contribution in [0.5, 0.6) is 0 Å². The molecule has 19 nitrogen and oxygen atoms in total. The first-order chi connectivity index (χ1) is 24.8. The molecular weight excluding hydrogens is 784 g/mol. The molecule has 0 amide bonds. The quantitative estimate of drug-likeness (QED) is 0.0745. The molecule has 7 N–H and O–H groups in total. The van der Waals surface area contributed by atoms with Crippen molar-refractivity contribution in [3.05, 3.63) is 113 Å². The van der Waals surface area contributed by atoms with Crippen LogP contribution in [-0.4, -0.2) is 79.5 Å². The van der Waals surface area contributed by atoms with Gasteiger partial charge in [0, 0.05) is 34.9 Å². The third-order valence-electron chi connectivity index (χ3n) is 7.10. The highest BCUT2D eigenvalue weighted by atomic mass is 35.5. The SMILES string of the molecule is NS(=O)(=O)c1cccc2c3c(cc([N+](=O)[O-])c12)=NCCN=3.O=C(O)c1cc(=O)c2c(Cl)cc(Cl)cc2[nH]1.O=C(O)c1ncc(CCCP(=O)(O)O)cn1. The number of primary sulfonamides is 1. The standard InChI is InChI=1S/C12H10N4O4S.C10H5Cl2NO3.C8H11N2O5P/c13-21(19,20)10-3-1-2-7-11(10)9(16(17)18)6-8-12(7)15-5-4-14-8;11-4-1-5(12)9-6(2-4)13-7(10(15)16)3-8(9)14;11-8(12)7-9-4-6(5-10-7)2-1-3-16(13,14)15/h1-3,6H,4-5H2,(H2,13,19,20);1-3H,(H,13,14)(H,15,16);4-5H,1-3H2,(H,11,12)(H2,13,14,15). The molecule has 5 aromatic rings. The number of nitrogens with two attached hydrogens (primary N) is 1. The van der Waals surface area contributed by atoms with Crippen LogP contribution in [0.25, 0.3) is 21.7 Å². The number of rotatable bonds is 8. The third kappa shape index (κ3) is 10.4. The molecule has 0 saturated carbocycles. The molecule has 0 fully saturated rings. The average molecular weight is 811 g/mol. The molecule has 0 spiro atoms. The third-order valence-corrected chi connectivity index (χ3v) is 9.47. The highest BCUT2D eigenvalue weighted by molar-refractivity contribution is 7.89. The number of benzene rings is 3. The van der Waals surface area contributed by atoms with Crippen LogP contribution < -0.4 is 21.3 Å². The fraction of sp³-hybridized carbons (Fsp3) is 0.167. The molecule has 0 atom stereocenters. The molecule has 0 unspecified atom stereocenters. The van der Waals surface area contributed by atoms with Gasteiger partial charge in [-0.15, -0.1) is 0 Å². The number of sulfonamides is 1. The zero-order valence-corrected chi connectivity index (χ0v) is 29.9. The second kappa shape index (κ2) is 16.6. The first kappa shape index (κ1) is 40.6. The van der Waals surface area contributed by atoms with Gasteiger partial charge in [0.2, 0.25) is 15.8 Å². The molecule has 6 rings (SSSR count). The number of nitrogens with one attached hydrogen (secondary N) is 1. The van der Waals surface area contributed by atoms with Crippen LogP contribution in [0.3, 0.4) is 0 Å². The van der Waals surface area contributed by atoms with Crippen molar-refractivity contribution in [2.24, 2.45) is 15.1 Å². The maximum atomic E-state index is 11.7. The Kier molecular flexibility index (Phi) is 12.7. The topological polar surface area (TPSA) is 319 Å². The van der Waals surface area contributed by atoms with Crippen LogP contribution in [0.1, 0.15) is 33.1 Å². The first-order valence-electron chi connectivity index (χ1n) is 14.7. The summed E-state index contributed by atoms with van der Waals surface area (Å²) in [6.45, 7) is 0.907. The minimum absolute atomic E-state index is 0.0235. The highest BCUT2D eigenvalue weighted by Crippen LogP contribution is 2.35. The van der Waals surface area contributed by atoms with Gasteiger partial charge in [-0.05, 0) is 36.6 Å². The number of nitro benzene ring substituents is 1. The smallest absolute Gasteiger partial charge is 0.373 e. The summed E-state index contributed by atoms with van der Waals surface area (Å²) in [5.41, 5.74) is -0.0290. The van der Waals surface area contributed by atoms with E-state index in [4.69, 9.17) is 48.3 Å². The lowest BCUT2D eigenvalue weighted by Gasteiger charge is -2.08. The number of non-ortho nitro benzene ring substituents is 1. The van der Waals surface area contributed by atoms with E-state index in [2.05, 4.69) is 24.9 Å². The predicted octanol–water partition coefficient (Wildman–Crippen LogP) is 2.47. The summed E-state index contributed by atoms with van der Waals surface area (Å²) in [4.78, 5) is 78.6. The molecule has 1 aliphatic rings. The molecule has 3 aromatic carbocycles. The molecule has 0 saturated heterocycles. The van der Waals surface area contributed by atoms with E-state index in [1.165, 1.54) is 42.7 Å². The largest absolute Gasteiger partial charge is 0.477 e. The summed E-state index contributed by atoms with van der Waals surface area (Å²) in [6.07, 6.45) is 3.20. The number of aryl methyl sites for hydroxylation is 1. The second-order valence-corrected chi connectivity index (χ2v) is 15.0. The number of aromatic carboxylic acids is 2. The lowest BCUT2D eigenvalue weighted by atomic mass is 10.1. The summed E-state index contributed by atoms with van der Waals surface area (Å²) in [5.74, 6) is -2.71. The lowest BCUT2D eigenvalue weighted by Crippen LogP contribution is -2.31. The van der Waals surface area contributed by atoms with Crippen molar-refractivity contribution in [3.63, 3.8) is 0 Å². The first-order valence-corrected chi connectivity index (χ1v) is 18.8. The maximum absolute atomic E-state index is 11.7. The Morgan fingerprint density at radius 3 is 2.25 bits per heavy atom.